The molecule has 0 aromatic carbocycles. The van der Waals surface area contributed by atoms with E-state index in [1.807, 2.05) is 0 Å². The predicted molar refractivity (Wildman–Crippen MR) is 74.5 cm³/mol. The third kappa shape index (κ3) is 4.40. The lowest BCUT2D eigenvalue weighted by Crippen LogP contribution is -2.41. The third-order valence-electron chi connectivity index (χ3n) is 3.82. The second kappa shape index (κ2) is 6.51. The van der Waals surface area contributed by atoms with Crippen LogP contribution in [0.1, 0.15) is 32.9 Å². The van der Waals surface area contributed by atoms with Crippen LogP contribution < -0.4 is 4.72 Å². The highest BCUT2D eigenvalue weighted by Gasteiger charge is 2.33. The summed E-state index contributed by atoms with van der Waals surface area (Å²) >= 11 is 0. The van der Waals surface area contributed by atoms with Gasteiger partial charge in [-0.1, -0.05) is 13.8 Å². The Morgan fingerprint density at radius 3 is 2.32 bits per heavy atom. The summed E-state index contributed by atoms with van der Waals surface area (Å²) in [5, 5.41) is 9.69. The van der Waals surface area contributed by atoms with E-state index < -0.39 is 33.4 Å². The number of alkyl halides is 3. The molecular formula is C13H19F3N2O3S. The maximum Gasteiger partial charge on any atom is 0.433 e. The standard InChI is InChI=1S/C13H19F3N2O3S/c1-4-12(3,9(2)19)8-18-22(20,21)10-5-6-11(17-7-10)13(14,15)16/h5-7,9,18-19H,4,8H2,1-3H3/t9-,12-/m0/s1. The number of aliphatic hydroxyl groups excluding tert-OH is 1. The number of nitrogens with one attached hydrogen (secondary N) is 1. The molecule has 0 fully saturated rings. The van der Waals surface area contributed by atoms with Gasteiger partial charge in [0, 0.05) is 18.2 Å². The van der Waals surface area contributed by atoms with Crippen molar-refractivity contribution in [1.82, 2.24) is 9.71 Å². The van der Waals surface area contributed by atoms with Gasteiger partial charge in [0.05, 0.1) is 6.10 Å². The van der Waals surface area contributed by atoms with Crippen molar-refractivity contribution in [3.05, 3.63) is 24.0 Å². The molecule has 0 radical (unpaired) electrons. The van der Waals surface area contributed by atoms with Crippen molar-refractivity contribution in [2.24, 2.45) is 5.41 Å². The van der Waals surface area contributed by atoms with Gasteiger partial charge >= 0.3 is 6.18 Å². The van der Waals surface area contributed by atoms with Crippen molar-refractivity contribution >= 4 is 10.0 Å². The average Bonchev–Trinajstić information content (AvgIpc) is 2.44. The first kappa shape index (κ1) is 18.9. The molecule has 5 nitrogen and oxygen atoms in total. The van der Waals surface area contributed by atoms with Gasteiger partial charge in [-0.05, 0) is 25.5 Å². The summed E-state index contributed by atoms with van der Waals surface area (Å²) < 4.78 is 63.6. The van der Waals surface area contributed by atoms with Crippen LogP contribution in [0.3, 0.4) is 0 Å². The number of hydrogen-bond acceptors (Lipinski definition) is 4. The van der Waals surface area contributed by atoms with Crippen LogP contribution in [-0.4, -0.2) is 31.2 Å². The van der Waals surface area contributed by atoms with E-state index in [1.165, 1.54) is 0 Å². The lowest BCUT2D eigenvalue weighted by atomic mass is 9.83. The topological polar surface area (TPSA) is 79.3 Å². The summed E-state index contributed by atoms with van der Waals surface area (Å²) in [4.78, 5) is 2.77. The van der Waals surface area contributed by atoms with Gasteiger partial charge in [0.2, 0.25) is 10.0 Å². The fourth-order valence-corrected chi connectivity index (χ4v) is 2.74. The number of sulfonamides is 1. The first-order valence-electron chi connectivity index (χ1n) is 6.63. The van der Waals surface area contributed by atoms with Crippen LogP contribution in [-0.2, 0) is 16.2 Å². The van der Waals surface area contributed by atoms with Crippen LogP contribution in [0.15, 0.2) is 23.2 Å². The van der Waals surface area contributed by atoms with Gasteiger partial charge in [-0.15, -0.1) is 0 Å². The Morgan fingerprint density at radius 2 is 1.95 bits per heavy atom. The van der Waals surface area contributed by atoms with Gasteiger partial charge in [0.25, 0.3) is 0 Å². The van der Waals surface area contributed by atoms with Crippen LogP contribution in [0, 0.1) is 5.41 Å². The zero-order chi connectivity index (χ0) is 17.2. The van der Waals surface area contributed by atoms with Crippen molar-refractivity contribution in [1.29, 1.82) is 0 Å². The van der Waals surface area contributed by atoms with E-state index in [-0.39, 0.29) is 11.4 Å². The molecule has 0 spiro atoms. The Hall–Kier alpha value is -1.19. The number of aliphatic hydroxyl groups is 1. The molecule has 2 atom stereocenters. The van der Waals surface area contributed by atoms with Gasteiger partial charge in [-0.25, -0.2) is 13.1 Å². The molecule has 0 aliphatic heterocycles. The normalized spacial score (nSPS) is 17.0. The summed E-state index contributed by atoms with van der Waals surface area (Å²) in [5.41, 5.74) is -1.83. The molecule has 9 heteroatoms. The van der Waals surface area contributed by atoms with Crippen molar-refractivity contribution in [3.8, 4) is 0 Å². The third-order valence-corrected chi connectivity index (χ3v) is 5.21. The quantitative estimate of drug-likeness (QED) is 0.832. The fourth-order valence-electron chi connectivity index (χ4n) is 1.62. The van der Waals surface area contributed by atoms with Crippen LogP contribution in [0.4, 0.5) is 13.2 Å². The molecule has 0 saturated carbocycles. The van der Waals surface area contributed by atoms with E-state index in [0.29, 0.717) is 18.7 Å². The summed E-state index contributed by atoms with van der Waals surface area (Å²) in [6, 6.07) is 1.46. The number of pyridine rings is 1. The minimum Gasteiger partial charge on any atom is -0.393 e. The number of nitrogens with zero attached hydrogens (tertiary/aromatic N) is 1. The molecule has 0 bridgehead atoms. The highest BCUT2D eigenvalue weighted by Crippen LogP contribution is 2.28. The Morgan fingerprint density at radius 1 is 1.36 bits per heavy atom. The zero-order valence-corrected chi connectivity index (χ0v) is 13.3. The van der Waals surface area contributed by atoms with Gasteiger partial charge in [-0.2, -0.15) is 13.2 Å². The highest BCUT2D eigenvalue weighted by atomic mass is 32.2. The summed E-state index contributed by atoms with van der Waals surface area (Å²) in [7, 11) is -3.99. The van der Waals surface area contributed by atoms with Crippen molar-refractivity contribution < 1.29 is 26.7 Å². The molecule has 126 valence electrons. The minimum absolute atomic E-state index is 0.0372. The van der Waals surface area contributed by atoms with E-state index in [4.69, 9.17) is 0 Å². The van der Waals surface area contributed by atoms with Crippen molar-refractivity contribution in [3.63, 3.8) is 0 Å². The molecule has 0 aliphatic carbocycles. The van der Waals surface area contributed by atoms with Crippen LogP contribution in [0.5, 0.6) is 0 Å². The lowest BCUT2D eigenvalue weighted by Gasteiger charge is -2.31. The lowest BCUT2D eigenvalue weighted by molar-refractivity contribution is -0.141. The maximum absolute atomic E-state index is 12.4. The zero-order valence-electron chi connectivity index (χ0n) is 12.5. The van der Waals surface area contributed by atoms with Gasteiger partial charge in [-0.3, -0.25) is 4.98 Å². The van der Waals surface area contributed by atoms with Crippen LogP contribution in [0.25, 0.3) is 0 Å². The SMILES string of the molecule is CC[C@@](C)(CNS(=O)(=O)c1ccc(C(F)(F)F)nc1)[C@H](C)O. The summed E-state index contributed by atoms with van der Waals surface area (Å²) in [5.74, 6) is 0. The molecule has 1 heterocycles. The van der Waals surface area contributed by atoms with Gasteiger partial charge < -0.3 is 5.11 Å². The number of aromatic nitrogens is 1. The predicted octanol–water partition coefficient (Wildman–Crippen LogP) is 2.18. The van der Waals surface area contributed by atoms with E-state index in [2.05, 4.69) is 9.71 Å². The first-order valence-corrected chi connectivity index (χ1v) is 8.11. The first-order chi connectivity index (χ1) is 9.92. The number of rotatable bonds is 6. The molecule has 0 unspecified atom stereocenters. The molecule has 22 heavy (non-hydrogen) atoms. The van der Waals surface area contributed by atoms with E-state index in [1.54, 1.807) is 20.8 Å². The molecule has 0 amide bonds. The Kier molecular flexibility index (Phi) is 5.58. The van der Waals surface area contributed by atoms with Crippen molar-refractivity contribution in [2.75, 3.05) is 6.54 Å². The molecular weight excluding hydrogens is 321 g/mol. The van der Waals surface area contributed by atoms with Crippen molar-refractivity contribution in [2.45, 2.75) is 44.4 Å². The minimum atomic E-state index is -4.62. The van der Waals surface area contributed by atoms with E-state index in [9.17, 15) is 26.7 Å². The van der Waals surface area contributed by atoms with Crippen LogP contribution in [0.2, 0.25) is 0 Å². The number of halogens is 3. The second-order valence-corrected chi connectivity index (χ2v) is 7.15. The van der Waals surface area contributed by atoms with Crippen LogP contribution >= 0.6 is 0 Å². The van der Waals surface area contributed by atoms with Gasteiger partial charge in [0.15, 0.2) is 0 Å². The average molecular weight is 340 g/mol. The molecule has 2 N–H and O–H groups in total. The Balaban J connectivity index is 2.92. The smallest absolute Gasteiger partial charge is 0.393 e. The van der Waals surface area contributed by atoms with E-state index in [0.717, 1.165) is 6.07 Å². The second-order valence-electron chi connectivity index (χ2n) is 5.39. The van der Waals surface area contributed by atoms with E-state index >= 15 is 0 Å². The molecule has 0 aliphatic rings. The monoisotopic (exact) mass is 340 g/mol. The molecule has 0 saturated heterocycles. The molecule has 1 aromatic rings. The number of hydrogen-bond donors (Lipinski definition) is 2. The fraction of sp³-hybridized carbons (Fsp3) is 0.615. The van der Waals surface area contributed by atoms with Gasteiger partial charge in [0.1, 0.15) is 10.6 Å². The Labute approximate surface area is 127 Å². The molecule has 1 aromatic heterocycles. The summed E-state index contributed by atoms with van der Waals surface area (Å²) in [6.45, 7) is 5.04. The molecule has 1 rings (SSSR count). The summed E-state index contributed by atoms with van der Waals surface area (Å²) in [6.07, 6.45) is -4.18. The largest absolute Gasteiger partial charge is 0.433 e. The highest BCUT2D eigenvalue weighted by molar-refractivity contribution is 7.89. The maximum atomic E-state index is 12.4. The Bertz CT molecular complexity index is 600.